The highest BCUT2D eigenvalue weighted by molar-refractivity contribution is 7.89. The van der Waals surface area contributed by atoms with Crippen LogP contribution >= 0.6 is 0 Å². The van der Waals surface area contributed by atoms with Gasteiger partial charge in [0.2, 0.25) is 10.0 Å². The van der Waals surface area contributed by atoms with Gasteiger partial charge in [-0.1, -0.05) is 6.07 Å². The van der Waals surface area contributed by atoms with Gasteiger partial charge in [0.1, 0.15) is 18.0 Å². The summed E-state index contributed by atoms with van der Waals surface area (Å²) >= 11 is 0. The first-order valence-electron chi connectivity index (χ1n) is 5.72. The Labute approximate surface area is 114 Å². The van der Waals surface area contributed by atoms with Gasteiger partial charge in [0, 0.05) is 18.3 Å². The summed E-state index contributed by atoms with van der Waals surface area (Å²) in [6, 6.07) is 2.95. The Bertz CT molecular complexity index is 735. The monoisotopic (exact) mass is 297 g/mol. The van der Waals surface area contributed by atoms with E-state index in [-0.39, 0.29) is 13.1 Å². The first-order valence-corrected chi connectivity index (χ1v) is 7.16. The molecule has 104 valence electrons. The lowest BCUT2D eigenvalue weighted by Crippen LogP contribution is -2.27. The summed E-state index contributed by atoms with van der Waals surface area (Å²) < 4.78 is 53.0. The average Bonchev–Trinajstić information content (AvgIpc) is 2.82. The molecule has 1 aromatic carbocycles. The fraction of sp³-hybridized carbons (Fsp3) is 0.167. The van der Waals surface area contributed by atoms with Crippen molar-refractivity contribution >= 4 is 10.0 Å². The van der Waals surface area contributed by atoms with Crippen molar-refractivity contribution in [2.75, 3.05) is 0 Å². The number of halogens is 2. The molecule has 0 amide bonds. The maximum Gasteiger partial charge on any atom is 0.249 e. The predicted octanol–water partition coefficient (Wildman–Crippen LogP) is 1.46. The van der Waals surface area contributed by atoms with Crippen molar-refractivity contribution in [3.8, 4) is 0 Å². The number of aromatic nitrogens is 2. The molecule has 1 aromatic heterocycles. The molecule has 0 saturated heterocycles. The molecule has 2 heterocycles. The number of sulfonamides is 1. The molecule has 20 heavy (non-hydrogen) atoms. The normalized spacial score (nSPS) is 15.3. The van der Waals surface area contributed by atoms with Crippen molar-refractivity contribution in [3.63, 3.8) is 0 Å². The van der Waals surface area contributed by atoms with E-state index in [1.807, 2.05) is 0 Å². The van der Waals surface area contributed by atoms with Crippen molar-refractivity contribution in [2.45, 2.75) is 18.0 Å². The lowest BCUT2D eigenvalue weighted by Gasteiger charge is -2.16. The number of benzene rings is 1. The molecule has 0 atom stereocenters. The van der Waals surface area contributed by atoms with E-state index in [4.69, 9.17) is 0 Å². The second-order valence-corrected chi connectivity index (χ2v) is 6.19. The van der Waals surface area contributed by atoms with E-state index in [0.29, 0.717) is 11.3 Å². The topological polar surface area (TPSA) is 63.2 Å². The van der Waals surface area contributed by atoms with Gasteiger partial charge in [-0.3, -0.25) is 0 Å². The Kier molecular flexibility index (Phi) is 2.98. The van der Waals surface area contributed by atoms with Gasteiger partial charge in [-0.25, -0.2) is 27.2 Å². The molecule has 5 nitrogen and oxygen atoms in total. The minimum atomic E-state index is -4.25. The van der Waals surface area contributed by atoms with Gasteiger partial charge in [-0.05, 0) is 12.1 Å². The molecule has 1 aliphatic rings. The van der Waals surface area contributed by atoms with Crippen molar-refractivity contribution in [1.82, 2.24) is 14.3 Å². The van der Waals surface area contributed by atoms with E-state index < -0.39 is 26.6 Å². The molecular formula is C12H9F2N3O2S. The molecule has 0 bridgehead atoms. The lowest BCUT2D eigenvalue weighted by atomic mass is 10.3. The third-order valence-electron chi connectivity index (χ3n) is 3.07. The predicted molar refractivity (Wildman–Crippen MR) is 64.8 cm³/mol. The average molecular weight is 297 g/mol. The highest BCUT2D eigenvalue weighted by Crippen LogP contribution is 2.29. The van der Waals surface area contributed by atoms with E-state index in [2.05, 4.69) is 9.97 Å². The van der Waals surface area contributed by atoms with Gasteiger partial charge >= 0.3 is 0 Å². The van der Waals surface area contributed by atoms with Crippen LogP contribution in [0.15, 0.2) is 35.6 Å². The van der Waals surface area contributed by atoms with E-state index in [0.717, 1.165) is 22.5 Å². The Morgan fingerprint density at radius 1 is 1.15 bits per heavy atom. The smallest absolute Gasteiger partial charge is 0.244 e. The zero-order chi connectivity index (χ0) is 14.3. The zero-order valence-electron chi connectivity index (χ0n) is 10.1. The number of hydrogen-bond acceptors (Lipinski definition) is 4. The number of hydrogen-bond donors (Lipinski definition) is 0. The van der Waals surface area contributed by atoms with Gasteiger partial charge in [-0.2, -0.15) is 4.31 Å². The molecule has 0 aliphatic carbocycles. The maximum absolute atomic E-state index is 13.7. The summed E-state index contributed by atoms with van der Waals surface area (Å²) in [4.78, 5) is 6.83. The maximum atomic E-state index is 13.7. The van der Waals surface area contributed by atoms with Crippen molar-refractivity contribution in [1.29, 1.82) is 0 Å². The van der Waals surface area contributed by atoms with E-state index in [9.17, 15) is 17.2 Å². The van der Waals surface area contributed by atoms with Crippen molar-refractivity contribution in [3.05, 3.63) is 53.6 Å². The van der Waals surface area contributed by atoms with Crippen LogP contribution in [0.5, 0.6) is 0 Å². The standard InChI is InChI=1S/C12H9F2N3O2S/c13-9-2-1-3-10(14)12(9)20(18,19)17-5-8-4-15-7-16-11(8)6-17/h1-4,7H,5-6H2. The molecule has 0 saturated carbocycles. The summed E-state index contributed by atoms with van der Waals surface area (Å²) in [7, 11) is -4.25. The summed E-state index contributed by atoms with van der Waals surface area (Å²) in [5.74, 6) is -2.21. The Balaban J connectivity index is 2.03. The molecule has 3 rings (SSSR count). The van der Waals surface area contributed by atoms with Crippen LogP contribution in [0.25, 0.3) is 0 Å². The molecule has 0 N–H and O–H groups in total. The first-order chi connectivity index (χ1) is 9.50. The second kappa shape index (κ2) is 4.57. The Morgan fingerprint density at radius 3 is 2.50 bits per heavy atom. The third kappa shape index (κ3) is 1.97. The van der Waals surface area contributed by atoms with E-state index in [1.54, 1.807) is 0 Å². The fourth-order valence-electron chi connectivity index (χ4n) is 2.10. The van der Waals surface area contributed by atoms with Crippen LogP contribution in [-0.2, 0) is 23.1 Å². The minimum Gasteiger partial charge on any atom is -0.244 e. The highest BCUT2D eigenvalue weighted by Gasteiger charge is 2.35. The summed E-state index contributed by atoms with van der Waals surface area (Å²) in [5.41, 5.74) is 1.17. The van der Waals surface area contributed by atoms with E-state index >= 15 is 0 Å². The Morgan fingerprint density at radius 2 is 1.85 bits per heavy atom. The molecule has 0 spiro atoms. The third-order valence-corrected chi connectivity index (χ3v) is 4.91. The lowest BCUT2D eigenvalue weighted by molar-refractivity contribution is 0.417. The molecule has 8 heteroatoms. The molecule has 0 radical (unpaired) electrons. The molecule has 1 aliphatic heterocycles. The van der Waals surface area contributed by atoms with Gasteiger partial charge in [-0.15, -0.1) is 0 Å². The number of nitrogens with zero attached hydrogens (tertiary/aromatic N) is 3. The van der Waals surface area contributed by atoms with Crippen LogP contribution in [0.4, 0.5) is 8.78 Å². The molecule has 0 unspecified atom stereocenters. The highest BCUT2D eigenvalue weighted by atomic mass is 32.2. The SMILES string of the molecule is O=S(=O)(c1c(F)cccc1F)N1Cc2cncnc2C1. The zero-order valence-corrected chi connectivity index (χ0v) is 10.9. The van der Waals surface area contributed by atoms with Crippen LogP contribution < -0.4 is 0 Å². The van der Waals surface area contributed by atoms with E-state index in [1.165, 1.54) is 12.5 Å². The second-order valence-electron chi connectivity index (χ2n) is 4.32. The number of fused-ring (bicyclic) bond motifs is 1. The van der Waals surface area contributed by atoms with Crippen LogP contribution in [-0.4, -0.2) is 22.7 Å². The molecule has 2 aromatic rings. The van der Waals surface area contributed by atoms with Gasteiger partial charge in [0.05, 0.1) is 12.2 Å². The summed E-state index contributed by atoms with van der Waals surface area (Å²) in [5, 5.41) is 0. The van der Waals surface area contributed by atoms with Crippen LogP contribution in [0.3, 0.4) is 0 Å². The molecule has 0 fully saturated rings. The first kappa shape index (κ1) is 13.1. The quantitative estimate of drug-likeness (QED) is 0.842. The van der Waals surface area contributed by atoms with Crippen molar-refractivity contribution in [2.24, 2.45) is 0 Å². The van der Waals surface area contributed by atoms with Crippen molar-refractivity contribution < 1.29 is 17.2 Å². The minimum absolute atomic E-state index is 0.00623. The van der Waals surface area contributed by atoms with Gasteiger partial charge in [0.25, 0.3) is 0 Å². The Hall–Kier alpha value is -1.93. The number of rotatable bonds is 2. The summed E-state index contributed by atoms with van der Waals surface area (Å²) in [6.07, 6.45) is 2.80. The van der Waals surface area contributed by atoms with Crippen LogP contribution in [0, 0.1) is 11.6 Å². The molecular weight excluding hydrogens is 288 g/mol. The van der Waals surface area contributed by atoms with Crippen LogP contribution in [0.2, 0.25) is 0 Å². The summed E-state index contributed by atoms with van der Waals surface area (Å²) in [6.45, 7) is -0.0136. The fourth-order valence-corrected chi connectivity index (χ4v) is 3.59. The van der Waals surface area contributed by atoms with Crippen LogP contribution in [0.1, 0.15) is 11.3 Å². The largest absolute Gasteiger partial charge is 0.249 e. The van der Waals surface area contributed by atoms with Gasteiger partial charge in [0.15, 0.2) is 4.90 Å². The van der Waals surface area contributed by atoms with Gasteiger partial charge < -0.3 is 0 Å².